The number of aryl methyl sites for hydroxylation is 1. The molecular formula is C13H22N2O. The van der Waals surface area contributed by atoms with Crippen LogP contribution in [-0.4, -0.2) is 22.7 Å². The standard InChI is InChI=1S/C13H22N2O/c1-10(7-12(3)16)8-14-9-13-11(2)5-4-6-15-13/h4-6,10,12,14,16H,7-9H2,1-3H3. The second-order valence-corrected chi connectivity index (χ2v) is 4.59. The number of rotatable bonds is 6. The lowest BCUT2D eigenvalue weighted by molar-refractivity contribution is 0.163. The lowest BCUT2D eigenvalue weighted by Crippen LogP contribution is -2.23. The van der Waals surface area contributed by atoms with Crippen LogP contribution in [0.3, 0.4) is 0 Å². The van der Waals surface area contributed by atoms with Crippen molar-refractivity contribution < 1.29 is 5.11 Å². The molecule has 1 rings (SSSR count). The fourth-order valence-corrected chi connectivity index (χ4v) is 1.81. The van der Waals surface area contributed by atoms with Gasteiger partial charge in [0.2, 0.25) is 0 Å². The summed E-state index contributed by atoms with van der Waals surface area (Å²) in [6.07, 6.45) is 2.45. The van der Waals surface area contributed by atoms with Gasteiger partial charge in [-0.05, 0) is 44.4 Å². The largest absolute Gasteiger partial charge is 0.393 e. The second-order valence-electron chi connectivity index (χ2n) is 4.59. The van der Waals surface area contributed by atoms with Crippen LogP contribution in [0.15, 0.2) is 18.3 Å². The Hall–Kier alpha value is -0.930. The number of aliphatic hydroxyl groups is 1. The summed E-state index contributed by atoms with van der Waals surface area (Å²) in [6.45, 7) is 7.77. The number of pyridine rings is 1. The van der Waals surface area contributed by atoms with E-state index >= 15 is 0 Å². The van der Waals surface area contributed by atoms with Gasteiger partial charge in [-0.25, -0.2) is 0 Å². The molecule has 0 amide bonds. The summed E-state index contributed by atoms with van der Waals surface area (Å²) in [5.41, 5.74) is 2.32. The molecule has 3 heteroatoms. The molecule has 1 aromatic rings. The van der Waals surface area contributed by atoms with Gasteiger partial charge >= 0.3 is 0 Å². The Kier molecular flexibility index (Phi) is 5.43. The van der Waals surface area contributed by atoms with E-state index in [0.717, 1.165) is 25.2 Å². The number of aliphatic hydroxyl groups excluding tert-OH is 1. The summed E-state index contributed by atoms with van der Waals surface area (Å²) in [6, 6.07) is 4.03. The summed E-state index contributed by atoms with van der Waals surface area (Å²) in [4.78, 5) is 4.32. The van der Waals surface area contributed by atoms with Crippen LogP contribution < -0.4 is 5.32 Å². The molecule has 2 N–H and O–H groups in total. The van der Waals surface area contributed by atoms with Crippen LogP contribution in [0.1, 0.15) is 31.5 Å². The first-order valence-electron chi connectivity index (χ1n) is 5.89. The minimum absolute atomic E-state index is 0.214. The Balaban J connectivity index is 2.28. The van der Waals surface area contributed by atoms with E-state index in [1.807, 2.05) is 19.2 Å². The monoisotopic (exact) mass is 222 g/mol. The van der Waals surface area contributed by atoms with Crippen molar-refractivity contribution in [1.82, 2.24) is 10.3 Å². The molecule has 0 aliphatic carbocycles. The van der Waals surface area contributed by atoms with Crippen molar-refractivity contribution in [1.29, 1.82) is 0 Å². The molecule has 90 valence electrons. The van der Waals surface area contributed by atoms with Crippen molar-refractivity contribution >= 4 is 0 Å². The minimum Gasteiger partial charge on any atom is -0.393 e. The maximum Gasteiger partial charge on any atom is 0.0570 e. The molecule has 1 aromatic heterocycles. The zero-order valence-corrected chi connectivity index (χ0v) is 10.4. The zero-order valence-electron chi connectivity index (χ0n) is 10.4. The Morgan fingerprint density at radius 3 is 2.81 bits per heavy atom. The van der Waals surface area contributed by atoms with Crippen LogP contribution in [0.25, 0.3) is 0 Å². The third-order valence-corrected chi connectivity index (χ3v) is 2.65. The molecular weight excluding hydrogens is 200 g/mol. The Labute approximate surface area is 97.9 Å². The van der Waals surface area contributed by atoms with Gasteiger partial charge in [-0.15, -0.1) is 0 Å². The van der Waals surface area contributed by atoms with Crippen LogP contribution in [0.4, 0.5) is 0 Å². The van der Waals surface area contributed by atoms with E-state index in [2.05, 4.69) is 30.2 Å². The average molecular weight is 222 g/mol. The molecule has 0 radical (unpaired) electrons. The van der Waals surface area contributed by atoms with Gasteiger partial charge in [-0.2, -0.15) is 0 Å². The van der Waals surface area contributed by atoms with Crippen LogP contribution in [0.2, 0.25) is 0 Å². The first-order chi connectivity index (χ1) is 7.59. The number of nitrogens with one attached hydrogen (secondary N) is 1. The van der Waals surface area contributed by atoms with Crippen LogP contribution in [0.5, 0.6) is 0 Å². The third-order valence-electron chi connectivity index (χ3n) is 2.65. The van der Waals surface area contributed by atoms with Gasteiger partial charge in [-0.3, -0.25) is 4.98 Å². The van der Waals surface area contributed by atoms with E-state index in [4.69, 9.17) is 0 Å². The average Bonchev–Trinajstić information content (AvgIpc) is 2.19. The molecule has 0 saturated carbocycles. The van der Waals surface area contributed by atoms with Gasteiger partial charge in [0.1, 0.15) is 0 Å². The van der Waals surface area contributed by atoms with E-state index in [9.17, 15) is 5.11 Å². The van der Waals surface area contributed by atoms with Crippen molar-refractivity contribution in [3.8, 4) is 0 Å². The highest BCUT2D eigenvalue weighted by molar-refractivity contribution is 5.17. The van der Waals surface area contributed by atoms with Crippen molar-refractivity contribution in [2.24, 2.45) is 5.92 Å². The summed E-state index contributed by atoms with van der Waals surface area (Å²) in [5, 5.41) is 12.6. The molecule has 0 aliphatic heterocycles. The molecule has 3 nitrogen and oxygen atoms in total. The molecule has 0 aromatic carbocycles. The fourth-order valence-electron chi connectivity index (χ4n) is 1.81. The van der Waals surface area contributed by atoms with Crippen LogP contribution in [-0.2, 0) is 6.54 Å². The summed E-state index contributed by atoms with van der Waals surface area (Å²) < 4.78 is 0. The number of hydrogen-bond donors (Lipinski definition) is 2. The smallest absolute Gasteiger partial charge is 0.0570 e. The van der Waals surface area contributed by atoms with Gasteiger partial charge in [0, 0.05) is 12.7 Å². The highest BCUT2D eigenvalue weighted by Crippen LogP contribution is 2.06. The Bertz CT molecular complexity index is 313. The maximum absolute atomic E-state index is 9.24. The molecule has 0 spiro atoms. The van der Waals surface area contributed by atoms with E-state index < -0.39 is 0 Å². The van der Waals surface area contributed by atoms with E-state index in [-0.39, 0.29) is 6.10 Å². The molecule has 0 fully saturated rings. The van der Waals surface area contributed by atoms with Crippen molar-refractivity contribution in [2.45, 2.75) is 39.8 Å². The summed E-state index contributed by atoms with van der Waals surface area (Å²) in [5.74, 6) is 0.490. The second kappa shape index (κ2) is 6.61. The highest BCUT2D eigenvalue weighted by Gasteiger charge is 2.06. The lowest BCUT2D eigenvalue weighted by atomic mass is 10.0. The number of hydrogen-bond acceptors (Lipinski definition) is 3. The Morgan fingerprint density at radius 1 is 1.44 bits per heavy atom. The first kappa shape index (κ1) is 13.1. The molecule has 2 atom stereocenters. The predicted molar refractivity (Wildman–Crippen MR) is 66.1 cm³/mol. The quantitative estimate of drug-likeness (QED) is 0.772. The molecule has 2 unspecified atom stereocenters. The molecule has 0 aliphatic rings. The normalized spacial score (nSPS) is 14.8. The molecule has 0 saturated heterocycles. The maximum atomic E-state index is 9.24. The van der Waals surface area contributed by atoms with Crippen molar-refractivity contribution in [2.75, 3.05) is 6.54 Å². The van der Waals surface area contributed by atoms with Gasteiger partial charge in [-0.1, -0.05) is 13.0 Å². The molecule has 16 heavy (non-hydrogen) atoms. The highest BCUT2D eigenvalue weighted by atomic mass is 16.3. The minimum atomic E-state index is -0.214. The SMILES string of the molecule is Cc1cccnc1CNCC(C)CC(C)O. The van der Waals surface area contributed by atoms with Gasteiger partial charge in [0.25, 0.3) is 0 Å². The Morgan fingerprint density at radius 2 is 2.19 bits per heavy atom. The third kappa shape index (κ3) is 4.73. The van der Waals surface area contributed by atoms with Crippen molar-refractivity contribution in [3.05, 3.63) is 29.6 Å². The van der Waals surface area contributed by atoms with E-state index in [1.165, 1.54) is 5.56 Å². The van der Waals surface area contributed by atoms with E-state index in [0.29, 0.717) is 5.92 Å². The predicted octanol–water partition coefficient (Wildman–Crippen LogP) is 1.89. The van der Waals surface area contributed by atoms with Gasteiger partial charge < -0.3 is 10.4 Å². The summed E-state index contributed by atoms with van der Waals surface area (Å²) >= 11 is 0. The zero-order chi connectivity index (χ0) is 12.0. The first-order valence-corrected chi connectivity index (χ1v) is 5.89. The van der Waals surface area contributed by atoms with Crippen LogP contribution >= 0.6 is 0 Å². The lowest BCUT2D eigenvalue weighted by Gasteiger charge is -2.14. The van der Waals surface area contributed by atoms with Gasteiger partial charge in [0.05, 0.1) is 11.8 Å². The summed E-state index contributed by atoms with van der Waals surface area (Å²) in [7, 11) is 0. The van der Waals surface area contributed by atoms with Crippen molar-refractivity contribution in [3.63, 3.8) is 0 Å². The topological polar surface area (TPSA) is 45.2 Å². The molecule has 0 bridgehead atoms. The number of aromatic nitrogens is 1. The molecule has 1 heterocycles. The number of nitrogens with zero attached hydrogens (tertiary/aromatic N) is 1. The fraction of sp³-hybridized carbons (Fsp3) is 0.615. The van der Waals surface area contributed by atoms with Gasteiger partial charge in [0.15, 0.2) is 0 Å². The van der Waals surface area contributed by atoms with Crippen LogP contribution in [0, 0.1) is 12.8 Å². The van der Waals surface area contributed by atoms with E-state index in [1.54, 1.807) is 0 Å².